The van der Waals surface area contributed by atoms with Gasteiger partial charge in [-0.25, -0.2) is 13.8 Å². The van der Waals surface area contributed by atoms with Crippen molar-refractivity contribution in [3.63, 3.8) is 0 Å². The van der Waals surface area contributed by atoms with E-state index >= 15 is 0 Å². The van der Waals surface area contributed by atoms with Crippen molar-refractivity contribution in [2.75, 3.05) is 0 Å². The molecule has 1 heterocycles. The summed E-state index contributed by atoms with van der Waals surface area (Å²) in [6, 6.07) is 2.22. The van der Waals surface area contributed by atoms with Crippen LogP contribution >= 0.6 is 22.9 Å². The van der Waals surface area contributed by atoms with E-state index in [4.69, 9.17) is 11.6 Å². The monoisotopic (exact) mass is 219 g/mol. The largest absolute Gasteiger partial charge is 0.240 e. The molecule has 0 N–H and O–H groups in total. The molecule has 0 aliphatic carbocycles. The number of hydrogen-bond donors (Lipinski definition) is 0. The molecule has 0 aliphatic heterocycles. The molecule has 0 amide bonds. The van der Waals surface area contributed by atoms with Crippen molar-refractivity contribution in [1.29, 1.82) is 0 Å². The highest BCUT2D eigenvalue weighted by atomic mass is 35.5. The second-order valence-electron chi connectivity index (χ2n) is 2.48. The number of benzene rings is 1. The standard InChI is InChI=1S/C8H4ClF2NS/c9-3-8-12-6-1-4(10)5(11)2-7(6)13-8/h1-2H,3H2. The quantitative estimate of drug-likeness (QED) is 0.671. The van der Waals surface area contributed by atoms with Gasteiger partial charge in [0.15, 0.2) is 11.6 Å². The van der Waals surface area contributed by atoms with Crippen molar-refractivity contribution in [3.8, 4) is 0 Å². The summed E-state index contributed by atoms with van der Waals surface area (Å²) in [6.45, 7) is 0. The molecule has 0 aliphatic rings. The first-order chi connectivity index (χ1) is 6.20. The zero-order valence-electron chi connectivity index (χ0n) is 6.35. The number of thiazole rings is 1. The van der Waals surface area contributed by atoms with Crippen molar-refractivity contribution in [3.05, 3.63) is 28.8 Å². The van der Waals surface area contributed by atoms with Gasteiger partial charge in [0, 0.05) is 6.07 Å². The van der Waals surface area contributed by atoms with Crippen molar-refractivity contribution in [2.24, 2.45) is 0 Å². The number of alkyl halides is 1. The number of halogens is 3. The fourth-order valence-electron chi connectivity index (χ4n) is 1.03. The van der Waals surface area contributed by atoms with E-state index in [1.807, 2.05) is 0 Å². The normalized spacial score (nSPS) is 11.0. The highest BCUT2D eigenvalue weighted by Crippen LogP contribution is 2.25. The number of aromatic nitrogens is 1. The van der Waals surface area contributed by atoms with Gasteiger partial charge in [0.2, 0.25) is 0 Å². The Labute approximate surface area is 82.0 Å². The molecule has 0 bridgehead atoms. The van der Waals surface area contributed by atoms with E-state index in [9.17, 15) is 8.78 Å². The average molecular weight is 220 g/mol. The average Bonchev–Trinajstić information content (AvgIpc) is 2.48. The molecule has 13 heavy (non-hydrogen) atoms. The van der Waals surface area contributed by atoms with E-state index in [0.29, 0.717) is 15.2 Å². The first kappa shape index (κ1) is 8.84. The van der Waals surface area contributed by atoms with Gasteiger partial charge in [0.05, 0.1) is 16.1 Å². The summed E-state index contributed by atoms with van der Waals surface area (Å²) in [7, 11) is 0. The molecule has 0 unspecified atom stereocenters. The van der Waals surface area contributed by atoms with E-state index < -0.39 is 11.6 Å². The van der Waals surface area contributed by atoms with Gasteiger partial charge in [-0.2, -0.15) is 0 Å². The summed E-state index contributed by atoms with van der Waals surface area (Å²) in [5.74, 6) is -1.46. The van der Waals surface area contributed by atoms with E-state index in [0.717, 1.165) is 12.1 Å². The first-order valence-electron chi connectivity index (χ1n) is 3.51. The Balaban J connectivity index is 2.70. The lowest BCUT2D eigenvalue weighted by molar-refractivity contribution is 0.511. The van der Waals surface area contributed by atoms with Gasteiger partial charge >= 0.3 is 0 Å². The first-order valence-corrected chi connectivity index (χ1v) is 4.86. The SMILES string of the molecule is Fc1cc2nc(CCl)sc2cc1F. The van der Waals surface area contributed by atoms with Gasteiger partial charge in [-0.3, -0.25) is 0 Å². The van der Waals surface area contributed by atoms with Crippen LogP contribution in [0.5, 0.6) is 0 Å². The fourth-order valence-corrected chi connectivity index (χ4v) is 2.08. The Kier molecular flexibility index (Phi) is 2.17. The van der Waals surface area contributed by atoms with Gasteiger partial charge in [-0.05, 0) is 6.07 Å². The van der Waals surface area contributed by atoms with Crippen LogP contribution in [0.1, 0.15) is 5.01 Å². The lowest BCUT2D eigenvalue weighted by atomic mass is 10.3. The van der Waals surface area contributed by atoms with Gasteiger partial charge in [0.25, 0.3) is 0 Å². The summed E-state index contributed by atoms with van der Waals surface area (Å²) < 4.78 is 26.1. The van der Waals surface area contributed by atoms with Crippen LogP contribution in [0.4, 0.5) is 8.78 Å². The molecular weight excluding hydrogens is 216 g/mol. The van der Waals surface area contributed by atoms with Crippen LogP contribution in [-0.2, 0) is 5.88 Å². The van der Waals surface area contributed by atoms with Crippen molar-refractivity contribution in [1.82, 2.24) is 4.98 Å². The topological polar surface area (TPSA) is 12.9 Å². The van der Waals surface area contributed by atoms with Crippen LogP contribution in [0.2, 0.25) is 0 Å². The van der Waals surface area contributed by atoms with Crippen LogP contribution < -0.4 is 0 Å². The summed E-state index contributed by atoms with van der Waals surface area (Å²) in [6.07, 6.45) is 0. The molecule has 0 spiro atoms. The van der Waals surface area contributed by atoms with Gasteiger partial charge < -0.3 is 0 Å². The Morgan fingerprint density at radius 3 is 2.69 bits per heavy atom. The second-order valence-corrected chi connectivity index (χ2v) is 3.86. The molecule has 68 valence electrons. The molecule has 0 fully saturated rings. The molecule has 0 radical (unpaired) electrons. The second kappa shape index (κ2) is 3.20. The summed E-state index contributed by atoms with van der Waals surface area (Å²) in [5, 5.41) is 0.668. The predicted octanol–water partition coefficient (Wildman–Crippen LogP) is 3.31. The van der Waals surface area contributed by atoms with Gasteiger partial charge in [-0.15, -0.1) is 22.9 Å². The highest BCUT2D eigenvalue weighted by Gasteiger charge is 2.08. The molecule has 5 heteroatoms. The summed E-state index contributed by atoms with van der Waals surface area (Å²) >= 11 is 6.81. The summed E-state index contributed by atoms with van der Waals surface area (Å²) in [4.78, 5) is 4.01. The molecule has 2 rings (SSSR count). The number of hydrogen-bond acceptors (Lipinski definition) is 2. The molecule has 2 aromatic rings. The van der Waals surface area contributed by atoms with Gasteiger partial charge in [0.1, 0.15) is 5.01 Å². The van der Waals surface area contributed by atoms with Crippen LogP contribution in [0, 0.1) is 11.6 Å². The van der Waals surface area contributed by atoms with E-state index in [1.165, 1.54) is 11.3 Å². The Bertz CT molecular complexity index is 416. The highest BCUT2D eigenvalue weighted by molar-refractivity contribution is 7.18. The Morgan fingerprint density at radius 1 is 1.31 bits per heavy atom. The van der Waals surface area contributed by atoms with E-state index in [2.05, 4.69) is 4.98 Å². The van der Waals surface area contributed by atoms with E-state index in [1.54, 1.807) is 0 Å². The minimum Gasteiger partial charge on any atom is -0.240 e. The number of nitrogens with zero attached hydrogens (tertiary/aromatic N) is 1. The van der Waals surface area contributed by atoms with Crippen LogP contribution in [0.25, 0.3) is 10.2 Å². The van der Waals surface area contributed by atoms with Crippen LogP contribution in [-0.4, -0.2) is 4.98 Å². The molecule has 0 atom stereocenters. The molecular formula is C8H4ClF2NS. The summed E-state index contributed by atoms with van der Waals surface area (Å²) in [5.41, 5.74) is 0.458. The predicted molar refractivity (Wildman–Crippen MR) is 49.1 cm³/mol. The fraction of sp³-hybridized carbons (Fsp3) is 0.125. The minimum atomic E-state index is -0.876. The molecule has 1 aromatic carbocycles. The minimum absolute atomic E-state index is 0.266. The Morgan fingerprint density at radius 2 is 2.00 bits per heavy atom. The van der Waals surface area contributed by atoms with Crippen molar-refractivity contribution >= 4 is 33.2 Å². The maximum absolute atomic E-state index is 12.7. The molecule has 1 nitrogen and oxygen atoms in total. The molecule has 1 aromatic heterocycles. The molecule has 0 saturated heterocycles. The number of rotatable bonds is 1. The Hall–Kier alpha value is -0.740. The zero-order chi connectivity index (χ0) is 9.42. The maximum Gasteiger partial charge on any atom is 0.161 e. The van der Waals surface area contributed by atoms with Crippen LogP contribution in [0.3, 0.4) is 0 Å². The van der Waals surface area contributed by atoms with Crippen molar-refractivity contribution < 1.29 is 8.78 Å². The lowest BCUT2D eigenvalue weighted by Gasteiger charge is -1.90. The van der Waals surface area contributed by atoms with Gasteiger partial charge in [-0.1, -0.05) is 0 Å². The lowest BCUT2D eigenvalue weighted by Crippen LogP contribution is -1.81. The van der Waals surface area contributed by atoms with Crippen LogP contribution in [0.15, 0.2) is 12.1 Å². The third-order valence-electron chi connectivity index (χ3n) is 1.59. The van der Waals surface area contributed by atoms with Crippen molar-refractivity contribution in [2.45, 2.75) is 5.88 Å². The third kappa shape index (κ3) is 1.51. The number of fused-ring (bicyclic) bond motifs is 1. The third-order valence-corrected chi connectivity index (χ3v) is 3.02. The smallest absolute Gasteiger partial charge is 0.161 e. The zero-order valence-corrected chi connectivity index (χ0v) is 7.92. The van der Waals surface area contributed by atoms with E-state index in [-0.39, 0.29) is 5.88 Å². The molecule has 0 saturated carbocycles. The maximum atomic E-state index is 12.7.